The predicted octanol–water partition coefficient (Wildman–Crippen LogP) is 3.07. The molecule has 1 aromatic heterocycles. The number of nitrogens with one attached hydrogen (secondary N) is 1. The zero-order valence-corrected chi connectivity index (χ0v) is 14.1. The third-order valence-electron chi connectivity index (χ3n) is 4.06. The second kappa shape index (κ2) is 6.50. The second-order valence-corrected chi connectivity index (χ2v) is 6.58. The van der Waals surface area contributed by atoms with Crippen molar-refractivity contribution in [1.82, 2.24) is 4.98 Å². The first-order valence-electron chi connectivity index (χ1n) is 7.65. The first kappa shape index (κ1) is 15.7. The van der Waals surface area contributed by atoms with Crippen LogP contribution in [0, 0.1) is 13.8 Å². The number of carbonyl (C=O) groups excluding carboxylic acids is 2. The lowest BCUT2D eigenvalue weighted by Gasteiger charge is -2.11. The molecule has 1 aliphatic rings. The second-order valence-electron chi connectivity index (χ2n) is 5.74. The number of rotatable bonds is 4. The number of aromatic nitrogens is 1. The van der Waals surface area contributed by atoms with E-state index >= 15 is 0 Å². The monoisotopic (exact) mass is 329 g/mol. The van der Waals surface area contributed by atoms with Crippen molar-refractivity contribution < 1.29 is 9.59 Å². The highest BCUT2D eigenvalue weighted by Gasteiger charge is 2.24. The number of carbonyl (C=O) groups is 2. The molecular formula is C17H19N3O2S. The quantitative estimate of drug-likeness (QED) is 0.937. The fourth-order valence-electron chi connectivity index (χ4n) is 2.60. The number of aryl methyl sites for hydroxylation is 1. The number of anilines is 2. The van der Waals surface area contributed by atoms with Gasteiger partial charge in [0.25, 0.3) is 0 Å². The molecule has 1 saturated heterocycles. The van der Waals surface area contributed by atoms with Crippen LogP contribution in [0.1, 0.15) is 29.7 Å². The Labute approximate surface area is 139 Å². The van der Waals surface area contributed by atoms with Gasteiger partial charge >= 0.3 is 0 Å². The topological polar surface area (TPSA) is 62.3 Å². The molecule has 0 radical (unpaired) electrons. The predicted molar refractivity (Wildman–Crippen MR) is 92.0 cm³/mol. The van der Waals surface area contributed by atoms with Crippen molar-refractivity contribution >= 4 is 34.0 Å². The maximum absolute atomic E-state index is 12.2. The van der Waals surface area contributed by atoms with Crippen LogP contribution in [0.2, 0.25) is 0 Å². The molecule has 5 nitrogen and oxygen atoms in total. The van der Waals surface area contributed by atoms with Crippen LogP contribution in [-0.2, 0) is 16.0 Å². The first-order valence-corrected chi connectivity index (χ1v) is 8.53. The standard InChI is InChI=1S/C17H19N3O2S/c1-11-5-3-6-14(12(11)2)19-15(21)9-13-10-23-17(18-13)20-8-4-7-16(20)22/h3,5-6,10H,4,7-9H2,1-2H3,(H,19,21). The Kier molecular flexibility index (Phi) is 4.43. The van der Waals surface area contributed by atoms with E-state index < -0.39 is 0 Å². The van der Waals surface area contributed by atoms with Crippen LogP contribution in [0.3, 0.4) is 0 Å². The Balaban J connectivity index is 1.65. The zero-order valence-electron chi connectivity index (χ0n) is 13.3. The van der Waals surface area contributed by atoms with Gasteiger partial charge in [0.05, 0.1) is 12.1 Å². The molecule has 0 spiro atoms. The smallest absolute Gasteiger partial charge is 0.230 e. The van der Waals surface area contributed by atoms with E-state index in [1.165, 1.54) is 11.3 Å². The highest BCUT2D eigenvalue weighted by molar-refractivity contribution is 7.14. The zero-order chi connectivity index (χ0) is 16.4. The van der Waals surface area contributed by atoms with Crippen LogP contribution >= 0.6 is 11.3 Å². The van der Waals surface area contributed by atoms with Gasteiger partial charge < -0.3 is 5.32 Å². The molecular weight excluding hydrogens is 310 g/mol. The van der Waals surface area contributed by atoms with Gasteiger partial charge in [-0.25, -0.2) is 4.98 Å². The highest BCUT2D eigenvalue weighted by atomic mass is 32.1. The average Bonchev–Trinajstić information content (AvgIpc) is 3.12. The van der Waals surface area contributed by atoms with Crippen LogP contribution in [0.15, 0.2) is 23.6 Å². The summed E-state index contributed by atoms with van der Waals surface area (Å²) in [5.41, 5.74) is 3.75. The Bertz CT molecular complexity index is 754. The van der Waals surface area contributed by atoms with E-state index in [-0.39, 0.29) is 18.2 Å². The molecule has 0 atom stereocenters. The van der Waals surface area contributed by atoms with Gasteiger partial charge in [0.1, 0.15) is 0 Å². The molecule has 2 heterocycles. The molecule has 1 aliphatic heterocycles. The fourth-order valence-corrected chi connectivity index (χ4v) is 3.47. The summed E-state index contributed by atoms with van der Waals surface area (Å²) in [4.78, 5) is 30.1. The molecule has 2 aromatic rings. The van der Waals surface area contributed by atoms with Crippen LogP contribution < -0.4 is 10.2 Å². The summed E-state index contributed by atoms with van der Waals surface area (Å²) >= 11 is 1.42. The molecule has 1 fully saturated rings. The van der Waals surface area contributed by atoms with E-state index in [0.29, 0.717) is 17.2 Å². The fraction of sp³-hybridized carbons (Fsp3) is 0.353. The van der Waals surface area contributed by atoms with Crippen molar-refractivity contribution in [3.05, 3.63) is 40.4 Å². The molecule has 0 unspecified atom stereocenters. The lowest BCUT2D eigenvalue weighted by atomic mass is 10.1. The minimum absolute atomic E-state index is 0.0942. The molecule has 1 N–H and O–H groups in total. The number of hydrogen-bond acceptors (Lipinski definition) is 4. The van der Waals surface area contributed by atoms with E-state index in [4.69, 9.17) is 0 Å². The molecule has 120 valence electrons. The number of thiazole rings is 1. The van der Waals surface area contributed by atoms with Crippen LogP contribution in [0.5, 0.6) is 0 Å². The Morgan fingerprint density at radius 1 is 1.39 bits per heavy atom. The number of hydrogen-bond donors (Lipinski definition) is 1. The summed E-state index contributed by atoms with van der Waals surface area (Å²) in [5.74, 6) is 0.0223. The van der Waals surface area contributed by atoms with Crippen molar-refractivity contribution in [2.75, 3.05) is 16.8 Å². The lowest BCUT2D eigenvalue weighted by molar-refractivity contribution is -0.117. The summed E-state index contributed by atoms with van der Waals surface area (Å²) in [5, 5.41) is 5.48. The van der Waals surface area contributed by atoms with E-state index in [0.717, 1.165) is 29.8 Å². The van der Waals surface area contributed by atoms with E-state index in [1.807, 2.05) is 37.4 Å². The van der Waals surface area contributed by atoms with Gasteiger partial charge in [-0.05, 0) is 37.5 Å². The number of benzene rings is 1. The van der Waals surface area contributed by atoms with Crippen LogP contribution in [0.4, 0.5) is 10.8 Å². The van der Waals surface area contributed by atoms with Gasteiger partial charge in [-0.15, -0.1) is 11.3 Å². The maximum Gasteiger partial charge on any atom is 0.230 e. The molecule has 2 amide bonds. The minimum atomic E-state index is -0.0942. The number of nitrogens with zero attached hydrogens (tertiary/aromatic N) is 2. The third-order valence-corrected chi connectivity index (χ3v) is 4.98. The Hall–Kier alpha value is -2.21. The largest absolute Gasteiger partial charge is 0.325 e. The molecule has 23 heavy (non-hydrogen) atoms. The Morgan fingerprint density at radius 2 is 2.22 bits per heavy atom. The van der Waals surface area contributed by atoms with Gasteiger partial charge in [-0.1, -0.05) is 12.1 Å². The van der Waals surface area contributed by atoms with Crippen molar-refractivity contribution in [2.24, 2.45) is 0 Å². The highest BCUT2D eigenvalue weighted by Crippen LogP contribution is 2.25. The van der Waals surface area contributed by atoms with Crippen molar-refractivity contribution in [3.8, 4) is 0 Å². The van der Waals surface area contributed by atoms with E-state index in [2.05, 4.69) is 10.3 Å². The van der Waals surface area contributed by atoms with Gasteiger partial charge in [0.15, 0.2) is 5.13 Å². The summed E-state index contributed by atoms with van der Waals surface area (Å²) in [6.07, 6.45) is 1.68. The molecule has 1 aromatic carbocycles. The average molecular weight is 329 g/mol. The third kappa shape index (κ3) is 3.42. The summed E-state index contributed by atoms with van der Waals surface area (Å²) in [7, 11) is 0. The van der Waals surface area contributed by atoms with E-state index in [1.54, 1.807) is 4.90 Å². The summed E-state index contributed by atoms with van der Waals surface area (Å²) < 4.78 is 0. The van der Waals surface area contributed by atoms with E-state index in [9.17, 15) is 9.59 Å². The Morgan fingerprint density at radius 3 is 2.96 bits per heavy atom. The molecule has 0 bridgehead atoms. The lowest BCUT2D eigenvalue weighted by Crippen LogP contribution is -2.23. The minimum Gasteiger partial charge on any atom is -0.325 e. The summed E-state index contributed by atoms with van der Waals surface area (Å²) in [6, 6.07) is 5.85. The number of amides is 2. The van der Waals surface area contributed by atoms with Crippen molar-refractivity contribution in [2.45, 2.75) is 33.1 Å². The van der Waals surface area contributed by atoms with Crippen LogP contribution in [0.25, 0.3) is 0 Å². The van der Waals surface area contributed by atoms with Gasteiger partial charge in [-0.2, -0.15) is 0 Å². The normalized spacial score (nSPS) is 14.3. The molecule has 0 saturated carbocycles. The molecule has 6 heteroatoms. The van der Waals surface area contributed by atoms with Crippen LogP contribution in [-0.4, -0.2) is 23.3 Å². The van der Waals surface area contributed by atoms with Gasteiger partial charge in [0, 0.05) is 24.0 Å². The SMILES string of the molecule is Cc1cccc(NC(=O)Cc2csc(N3CCCC3=O)n2)c1C. The van der Waals surface area contributed by atoms with Crippen molar-refractivity contribution in [1.29, 1.82) is 0 Å². The first-order chi connectivity index (χ1) is 11.0. The summed E-state index contributed by atoms with van der Waals surface area (Å²) in [6.45, 7) is 4.73. The van der Waals surface area contributed by atoms with Crippen molar-refractivity contribution in [3.63, 3.8) is 0 Å². The van der Waals surface area contributed by atoms with Gasteiger partial charge in [-0.3, -0.25) is 14.5 Å². The maximum atomic E-state index is 12.2. The molecule has 3 rings (SSSR count). The van der Waals surface area contributed by atoms with Gasteiger partial charge in [0.2, 0.25) is 11.8 Å². The molecule has 0 aliphatic carbocycles.